The van der Waals surface area contributed by atoms with Crippen LogP contribution in [0.5, 0.6) is 0 Å². The van der Waals surface area contributed by atoms with Crippen molar-refractivity contribution in [2.45, 2.75) is 10.9 Å². The predicted octanol–water partition coefficient (Wildman–Crippen LogP) is 0.797. The fraction of sp³-hybridized carbons (Fsp3) is 1.00. The van der Waals surface area contributed by atoms with E-state index < -0.39 is 10.9 Å². The zero-order valence-electron chi connectivity index (χ0n) is 4.47. The number of hydrogen-bond acceptors (Lipinski definition) is 2. The van der Waals surface area contributed by atoms with E-state index in [0.717, 1.165) is 0 Å². The monoisotopic (exact) mass is 158 g/mol. The molecule has 0 aliphatic heterocycles. The molecule has 0 bridgehead atoms. The lowest BCUT2D eigenvalue weighted by atomic mass is 10.4. The van der Waals surface area contributed by atoms with Gasteiger partial charge in [0.05, 0.1) is 6.61 Å². The summed E-state index contributed by atoms with van der Waals surface area (Å²) in [6.45, 7) is -0.145. The van der Waals surface area contributed by atoms with Crippen LogP contribution in [0.4, 0.5) is 0 Å². The topological polar surface area (TPSA) is 29.5 Å². The van der Waals surface area contributed by atoms with E-state index in [1.807, 2.05) is 0 Å². The largest absolute Gasteiger partial charge is 0.394 e. The molecule has 1 atom stereocenters. The van der Waals surface area contributed by atoms with Crippen molar-refractivity contribution in [3.63, 3.8) is 0 Å². The van der Waals surface area contributed by atoms with Gasteiger partial charge in [0.15, 0.2) is 0 Å². The Morgan fingerprint density at radius 2 is 2.12 bits per heavy atom. The van der Waals surface area contributed by atoms with Gasteiger partial charge in [0.2, 0.25) is 0 Å². The van der Waals surface area contributed by atoms with Crippen LogP contribution < -0.4 is 0 Å². The first-order valence-electron chi connectivity index (χ1n) is 2.14. The quantitative estimate of drug-likeness (QED) is 0.617. The maximum atomic E-state index is 8.40. The molecule has 0 spiro atoms. The van der Waals surface area contributed by atoms with Crippen molar-refractivity contribution in [1.82, 2.24) is 0 Å². The normalized spacial score (nSPS) is 14.6. The highest BCUT2D eigenvalue weighted by Crippen LogP contribution is 2.09. The second-order valence-corrected chi connectivity index (χ2v) is 2.45. The van der Waals surface area contributed by atoms with Crippen LogP contribution in [0.2, 0.25) is 0 Å². The molecule has 0 saturated heterocycles. The molecule has 4 heteroatoms. The molecule has 0 rings (SSSR count). The van der Waals surface area contributed by atoms with Gasteiger partial charge in [-0.1, -0.05) is 0 Å². The lowest BCUT2D eigenvalue weighted by Gasteiger charge is -2.11. The van der Waals surface area contributed by atoms with E-state index in [1.54, 1.807) is 0 Å². The van der Waals surface area contributed by atoms with Gasteiger partial charge in [-0.25, -0.2) is 0 Å². The summed E-state index contributed by atoms with van der Waals surface area (Å²) in [4.78, 5) is -0.648. The first kappa shape index (κ1) is 8.50. The zero-order valence-corrected chi connectivity index (χ0v) is 5.99. The Labute approximate surface area is 58.3 Å². The second-order valence-electron chi connectivity index (χ2n) is 1.29. The number of aliphatic hydroxyl groups is 1. The third kappa shape index (κ3) is 2.72. The van der Waals surface area contributed by atoms with Gasteiger partial charge in [0.1, 0.15) is 10.9 Å². The summed E-state index contributed by atoms with van der Waals surface area (Å²) in [7, 11) is 1.44. The molecule has 0 amide bonds. The summed E-state index contributed by atoms with van der Waals surface area (Å²) >= 11 is 10.6. The summed E-state index contributed by atoms with van der Waals surface area (Å²) in [5.41, 5.74) is 0. The molecule has 0 aliphatic carbocycles. The number of methoxy groups -OCH3 is 1. The Hall–Kier alpha value is 0.500. The standard InChI is InChI=1S/C4H8Cl2O2/c1-8-3(2-7)4(5)6/h3-4,7H,2H2,1H3. The van der Waals surface area contributed by atoms with Crippen LogP contribution in [0.15, 0.2) is 0 Å². The van der Waals surface area contributed by atoms with Crippen molar-refractivity contribution in [2.75, 3.05) is 13.7 Å². The average Bonchev–Trinajstić information content (AvgIpc) is 1.69. The molecule has 2 nitrogen and oxygen atoms in total. The van der Waals surface area contributed by atoms with Crippen molar-refractivity contribution in [2.24, 2.45) is 0 Å². The fourth-order valence-electron chi connectivity index (χ4n) is 0.257. The van der Waals surface area contributed by atoms with Crippen LogP contribution >= 0.6 is 23.2 Å². The first-order chi connectivity index (χ1) is 3.72. The molecule has 0 aromatic rings. The van der Waals surface area contributed by atoms with Crippen LogP contribution in [-0.4, -0.2) is 29.8 Å². The number of rotatable bonds is 3. The van der Waals surface area contributed by atoms with Gasteiger partial charge in [-0.05, 0) is 0 Å². The highest BCUT2D eigenvalue weighted by Gasteiger charge is 2.13. The van der Waals surface area contributed by atoms with Crippen molar-refractivity contribution < 1.29 is 9.84 Å². The minimum Gasteiger partial charge on any atom is -0.394 e. The molecular weight excluding hydrogens is 151 g/mol. The van der Waals surface area contributed by atoms with Gasteiger partial charge < -0.3 is 9.84 Å². The van der Waals surface area contributed by atoms with Gasteiger partial charge in [-0.15, -0.1) is 23.2 Å². The van der Waals surface area contributed by atoms with E-state index in [9.17, 15) is 0 Å². The van der Waals surface area contributed by atoms with Crippen LogP contribution in [0.25, 0.3) is 0 Å². The van der Waals surface area contributed by atoms with E-state index >= 15 is 0 Å². The molecule has 0 aliphatic rings. The van der Waals surface area contributed by atoms with E-state index in [1.165, 1.54) is 7.11 Å². The minimum absolute atomic E-state index is 0.145. The van der Waals surface area contributed by atoms with E-state index in [2.05, 4.69) is 4.74 Å². The Morgan fingerprint density at radius 3 is 2.12 bits per heavy atom. The molecule has 1 unspecified atom stereocenters. The summed E-state index contributed by atoms with van der Waals surface area (Å²) in [6.07, 6.45) is -0.460. The van der Waals surface area contributed by atoms with Crippen molar-refractivity contribution in [3.05, 3.63) is 0 Å². The molecule has 0 aromatic carbocycles. The van der Waals surface area contributed by atoms with Gasteiger partial charge in [0.25, 0.3) is 0 Å². The summed E-state index contributed by atoms with van der Waals surface area (Å²) < 4.78 is 4.65. The molecule has 0 saturated carbocycles. The van der Waals surface area contributed by atoms with Crippen LogP contribution in [0, 0.1) is 0 Å². The van der Waals surface area contributed by atoms with Gasteiger partial charge in [-0.3, -0.25) is 0 Å². The third-order valence-electron chi connectivity index (χ3n) is 0.764. The average molecular weight is 159 g/mol. The van der Waals surface area contributed by atoms with Crippen molar-refractivity contribution in [3.8, 4) is 0 Å². The highest BCUT2D eigenvalue weighted by molar-refractivity contribution is 6.44. The lowest BCUT2D eigenvalue weighted by molar-refractivity contribution is 0.0585. The van der Waals surface area contributed by atoms with E-state index in [4.69, 9.17) is 28.3 Å². The number of aliphatic hydroxyl groups excluding tert-OH is 1. The first-order valence-corrected chi connectivity index (χ1v) is 3.01. The van der Waals surface area contributed by atoms with Crippen molar-refractivity contribution in [1.29, 1.82) is 0 Å². The molecule has 50 valence electrons. The minimum atomic E-state index is -0.648. The summed E-state index contributed by atoms with van der Waals surface area (Å²) in [6, 6.07) is 0. The number of alkyl halides is 2. The number of hydrogen-bond donors (Lipinski definition) is 1. The summed E-state index contributed by atoms with van der Waals surface area (Å²) in [5, 5.41) is 8.40. The SMILES string of the molecule is COC(CO)C(Cl)Cl. The van der Waals surface area contributed by atoms with Gasteiger partial charge >= 0.3 is 0 Å². The van der Waals surface area contributed by atoms with E-state index in [-0.39, 0.29) is 6.61 Å². The van der Waals surface area contributed by atoms with Crippen LogP contribution in [-0.2, 0) is 4.74 Å². The van der Waals surface area contributed by atoms with Gasteiger partial charge in [0, 0.05) is 7.11 Å². The maximum absolute atomic E-state index is 8.40. The Kier molecular flexibility index (Phi) is 4.66. The Balaban J connectivity index is 3.35. The van der Waals surface area contributed by atoms with Gasteiger partial charge in [-0.2, -0.15) is 0 Å². The van der Waals surface area contributed by atoms with Crippen LogP contribution in [0.3, 0.4) is 0 Å². The molecule has 0 heterocycles. The molecule has 0 aromatic heterocycles. The predicted molar refractivity (Wildman–Crippen MR) is 33.4 cm³/mol. The second kappa shape index (κ2) is 4.39. The van der Waals surface area contributed by atoms with Crippen LogP contribution in [0.1, 0.15) is 0 Å². The third-order valence-corrected chi connectivity index (χ3v) is 1.33. The Bertz CT molecular complexity index is 54.0. The van der Waals surface area contributed by atoms with E-state index in [0.29, 0.717) is 0 Å². The summed E-state index contributed by atoms with van der Waals surface area (Å²) in [5.74, 6) is 0. The number of halogens is 2. The van der Waals surface area contributed by atoms with Crippen molar-refractivity contribution >= 4 is 23.2 Å². The fourth-order valence-corrected chi connectivity index (χ4v) is 0.622. The number of ether oxygens (including phenoxy) is 1. The molecule has 0 fully saturated rings. The highest BCUT2D eigenvalue weighted by atomic mass is 35.5. The molecule has 8 heavy (non-hydrogen) atoms. The Morgan fingerprint density at radius 1 is 1.62 bits per heavy atom. The molecular formula is C4H8Cl2O2. The maximum Gasteiger partial charge on any atom is 0.136 e. The molecule has 0 radical (unpaired) electrons. The lowest BCUT2D eigenvalue weighted by Crippen LogP contribution is -2.22. The zero-order chi connectivity index (χ0) is 6.57. The smallest absolute Gasteiger partial charge is 0.136 e. The molecule has 1 N–H and O–H groups in total.